The molecule has 0 amide bonds. The minimum atomic E-state index is -4.42. The summed E-state index contributed by atoms with van der Waals surface area (Å²) in [6.45, 7) is 0.935. The van der Waals surface area contributed by atoms with Crippen molar-refractivity contribution in [3.8, 4) is 17.6 Å². The predicted octanol–water partition coefficient (Wildman–Crippen LogP) is 3.47. The minimum Gasteiger partial charge on any atom is -0.311 e. The van der Waals surface area contributed by atoms with Crippen LogP contribution in [-0.2, 0) is 0 Å². The van der Waals surface area contributed by atoms with Gasteiger partial charge in [-0.1, -0.05) is 24.3 Å². The van der Waals surface area contributed by atoms with E-state index in [1.807, 2.05) is 12.1 Å². The Labute approximate surface area is 186 Å². The van der Waals surface area contributed by atoms with Crippen LogP contribution >= 0.6 is 0 Å². The Hall–Kier alpha value is -3.55. The summed E-state index contributed by atoms with van der Waals surface area (Å²) in [6.07, 6.45) is -2.23. The van der Waals surface area contributed by atoms with Gasteiger partial charge in [-0.3, -0.25) is 9.30 Å². The number of piperazine rings is 1. The first kappa shape index (κ1) is 20.1. The van der Waals surface area contributed by atoms with Crippen LogP contribution in [0.5, 0.6) is 0 Å². The average molecular weight is 449 g/mol. The van der Waals surface area contributed by atoms with Gasteiger partial charge in [-0.25, -0.2) is 4.98 Å². The lowest BCUT2D eigenvalue weighted by atomic mass is 10.1. The standard InChI is InChI=1S/C23H18F3N7/c24-23(25,26)21(32-12-16-8-17(32)10-28-16)15-5-7-19-30-31-22(33(19)11-15)18-6-4-13-2-1-3-14(9-27)20(13)29-18/h1-7,11,16-17,21,28H,8,10,12H2. The lowest BCUT2D eigenvalue weighted by Crippen LogP contribution is -2.49. The predicted molar refractivity (Wildman–Crippen MR) is 114 cm³/mol. The topological polar surface area (TPSA) is 82.1 Å². The number of alkyl halides is 3. The van der Waals surface area contributed by atoms with E-state index in [1.54, 1.807) is 33.6 Å². The summed E-state index contributed by atoms with van der Waals surface area (Å²) < 4.78 is 44.3. The summed E-state index contributed by atoms with van der Waals surface area (Å²) in [6, 6.07) is 12.3. The number of halogens is 3. The minimum absolute atomic E-state index is 0.102. The number of aromatic nitrogens is 4. The molecule has 0 saturated carbocycles. The van der Waals surface area contributed by atoms with Gasteiger partial charge in [-0.05, 0) is 30.2 Å². The van der Waals surface area contributed by atoms with Crippen LogP contribution in [0.2, 0.25) is 0 Å². The summed E-state index contributed by atoms with van der Waals surface area (Å²) in [5.74, 6) is 0.326. The highest BCUT2D eigenvalue weighted by atomic mass is 19.4. The Morgan fingerprint density at radius 3 is 2.73 bits per heavy atom. The highest BCUT2D eigenvalue weighted by Gasteiger charge is 2.51. The van der Waals surface area contributed by atoms with Crippen molar-refractivity contribution in [2.45, 2.75) is 30.7 Å². The summed E-state index contributed by atoms with van der Waals surface area (Å²) in [4.78, 5) is 6.14. The highest BCUT2D eigenvalue weighted by molar-refractivity contribution is 5.85. The van der Waals surface area contributed by atoms with Gasteiger partial charge in [0.15, 0.2) is 11.5 Å². The molecule has 3 atom stereocenters. The number of nitrogens with one attached hydrogen (secondary N) is 1. The Morgan fingerprint density at radius 2 is 2.00 bits per heavy atom. The van der Waals surface area contributed by atoms with Crippen molar-refractivity contribution in [2.24, 2.45) is 0 Å². The maximum Gasteiger partial charge on any atom is 0.408 e. The van der Waals surface area contributed by atoms with Gasteiger partial charge < -0.3 is 5.32 Å². The van der Waals surface area contributed by atoms with E-state index in [-0.39, 0.29) is 17.6 Å². The van der Waals surface area contributed by atoms with Crippen LogP contribution in [0.15, 0.2) is 48.7 Å². The molecule has 7 nitrogen and oxygen atoms in total. The molecular weight excluding hydrogens is 431 g/mol. The summed E-state index contributed by atoms with van der Waals surface area (Å²) in [5, 5.41) is 21.8. The van der Waals surface area contributed by atoms with E-state index in [1.165, 1.54) is 12.3 Å². The van der Waals surface area contributed by atoms with E-state index < -0.39 is 12.2 Å². The van der Waals surface area contributed by atoms with Gasteiger partial charge in [0.25, 0.3) is 0 Å². The number of likely N-dealkylation sites (tertiary alicyclic amines) is 1. The number of fused-ring (bicyclic) bond motifs is 4. The Bertz CT molecular complexity index is 1420. The van der Waals surface area contributed by atoms with E-state index in [4.69, 9.17) is 0 Å². The fourth-order valence-corrected chi connectivity index (χ4v) is 5.08. The quantitative estimate of drug-likeness (QED) is 0.516. The van der Waals surface area contributed by atoms with E-state index in [0.717, 1.165) is 11.8 Å². The number of nitrogens with zero attached hydrogens (tertiary/aromatic N) is 6. The zero-order chi connectivity index (χ0) is 22.7. The molecule has 10 heteroatoms. The van der Waals surface area contributed by atoms with Gasteiger partial charge in [0.05, 0.1) is 11.1 Å². The Morgan fingerprint density at radius 1 is 1.12 bits per heavy atom. The second kappa shape index (κ2) is 7.23. The molecule has 2 saturated heterocycles. The molecule has 0 aliphatic carbocycles. The molecule has 0 spiro atoms. The molecule has 2 aliphatic heterocycles. The van der Waals surface area contributed by atoms with Crippen LogP contribution in [0.1, 0.15) is 23.6 Å². The molecule has 6 rings (SSSR count). The van der Waals surface area contributed by atoms with Crippen LogP contribution in [0.4, 0.5) is 13.2 Å². The maximum atomic E-state index is 14.2. The molecule has 1 aromatic carbocycles. The third kappa shape index (κ3) is 3.23. The average Bonchev–Trinajstić information content (AvgIpc) is 3.53. The highest BCUT2D eigenvalue weighted by Crippen LogP contribution is 2.42. The van der Waals surface area contributed by atoms with Crippen LogP contribution in [0, 0.1) is 11.3 Å². The molecule has 1 N–H and O–H groups in total. The van der Waals surface area contributed by atoms with E-state index >= 15 is 0 Å². The van der Waals surface area contributed by atoms with Crippen LogP contribution in [0.3, 0.4) is 0 Å². The van der Waals surface area contributed by atoms with Crippen molar-refractivity contribution < 1.29 is 13.2 Å². The van der Waals surface area contributed by atoms with Crippen molar-refractivity contribution in [1.29, 1.82) is 5.26 Å². The molecule has 3 unspecified atom stereocenters. The van der Waals surface area contributed by atoms with Crippen LogP contribution in [0.25, 0.3) is 28.1 Å². The first-order valence-electron chi connectivity index (χ1n) is 10.6. The molecule has 2 bridgehead atoms. The van der Waals surface area contributed by atoms with E-state index in [0.29, 0.717) is 41.3 Å². The number of pyridine rings is 2. The Balaban J connectivity index is 1.47. The van der Waals surface area contributed by atoms with E-state index in [9.17, 15) is 18.4 Å². The molecule has 3 aromatic heterocycles. The van der Waals surface area contributed by atoms with Gasteiger partial charge in [0.2, 0.25) is 0 Å². The van der Waals surface area contributed by atoms with Crippen LogP contribution < -0.4 is 5.32 Å². The molecule has 4 aromatic rings. The lowest BCUT2D eigenvalue weighted by Gasteiger charge is -2.36. The fourth-order valence-electron chi connectivity index (χ4n) is 5.08. The van der Waals surface area contributed by atoms with Crippen molar-refractivity contribution in [3.05, 3.63) is 59.8 Å². The SMILES string of the molecule is N#Cc1cccc2ccc(-c3nnc4ccc(C(N5CC6CC5CN6)C(F)(F)F)cn34)nc12. The van der Waals surface area contributed by atoms with E-state index in [2.05, 4.69) is 26.6 Å². The molecular formula is C23H18F3N7. The molecule has 166 valence electrons. The summed E-state index contributed by atoms with van der Waals surface area (Å²) >= 11 is 0. The third-order valence-electron chi connectivity index (χ3n) is 6.55. The normalized spacial score (nSPS) is 21.6. The number of benzene rings is 1. The van der Waals surface area contributed by atoms with Crippen molar-refractivity contribution in [1.82, 2.24) is 29.8 Å². The van der Waals surface area contributed by atoms with Crippen LogP contribution in [-0.4, -0.2) is 55.8 Å². The van der Waals surface area contributed by atoms with Gasteiger partial charge in [-0.15, -0.1) is 10.2 Å². The number of para-hydroxylation sites is 1. The monoisotopic (exact) mass is 449 g/mol. The molecule has 2 aliphatic rings. The summed E-state index contributed by atoms with van der Waals surface area (Å²) in [7, 11) is 0. The largest absolute Gasteiger partial charge is 0.408 e. The van der Waals surface area contributed by atoms with Gasteiger partial charge in [-0.2, -0.15) is 18.4 Å². The number of hydrogen-bond donors (Lipinski definition) is 1. The number of nitriles is 1. The second-order valence-electron chi connectivity index (χ2n) is 8.54. The summed E-state index contributed by atoms with van der Waals surface area (Å²) in [5.41, 5.74) is 1.93. The van der Waals surface area contributed by atoms with Crippen molar-refractivity contribution >= 4 is 16.6 Å². The second-order valence-corrected chi connectivity index (χ2v) is 8.54. The van der Waals surface area contributed by atoms with Gasteiger partial charge >= 0.3 is 6.18 Å². The zero-order valence-electron chi connectivity index (χ0n) is 17.3. The lowest BCUT2D eigenvalue weighted by molar-refractivity contribution is -0.190. The molecule has 5 heterocycles. The zero-order valence-corrected chi connectivity index (χ0v) is 17.3. The molecule has 33 heavy (non-hydrogen) atoms. The number of rotatable bonds is 3. The maximum absolute atomic E-state index is 14.2. The molecule has 0 radical (unpaired) electrons. The fraction of sp³-hybridized carbons (Fsp3) is 0.304. The first-order valence-corrected chi connectivity index (χ1v) is 10.6. The van der Waals surface area contributed by atoms with Gasteiger partial charge in [0, 0.05) is 36.8 Å². The third-order valence-corrected chi connectivity index (χ3v) is 6.55. The van der Waals surface area contributed by atoms with Crippen molar-refractivity contribution in [2.75, 3.05) is 13.1 Å². The molecule has 2 fully saturated rings. The number of hydrogen-bond acceptors (Lipinski definition) is 6. The Kier molecular flexibility index (Phi) is 4.40. The smallest absolute Gasteiger partial charge is 0.311 e. The first-order chi connectivity index (χ1) is 15.9. The van der Waals surface area contributed by atoms with Crippen molar-refractivity contribution in [3.63, 3.8) is 0 Å². The van der Waals surface area contributed by atoms with Gasteiger partial charge in [0.1, 0.15) is 17.8 Å².